The Hall–Kier alpha value is -2.61. The number of hydrogen-bond acceptors (Lipinski definition) is 5. The number of fused-ring (bicyclic) bond motifs is 1. The lowest BCUT2D eigenvalue weighted by Crippen LogP contribution is -2.30. The maximum Gasteiger partial charge on any atom is 0.343 e. The summed E-state index contributed by atoms with van der Waals surface area (Å²) < 4.78 is 9.37. The summed E-state index contributed by atoms with van der Waals surface area (Å²) in [4.78, 5) is 19.0. The van der Waals surface area contributed by atoms with Crippen molar-refractivity contribution in [1.82, 2.24) is 24.3 Å². The first kappa shape index (κ1) is 15.9. The van der Waals surface area contributed by atoms with Gasteiger partial charge in [0.2, 0.25) is 5.95 Å². The van der Waals surface area contributed by atoms with E-state index in [0.29, 0.717) is 13.1 Å². The van der Waals surface area contributed by atoms with E-state index in [9.17, 15) is 4.79 Å². The van der Waals surface area contributed by atoms with Crippen molar-refractivity contribution in [3.05, 3.63) is 40.6 Å². The molecule has 0 bridgehead atoms. The molecule has 8 nitrogen and oxygen atoms in total. The summed E-state index contributed by atoms with van der Waals surface area (Å²) in [7, 11) is 3.73. The Morgan fingerprint density at radius 2 is 2.16 bits per heavy atom. The second-order valence-corrected chi connectivity index (χ2v) is 6.35. The van der Waals surface area contributed by atoms with E-state index in [1.54, 1.807) is 11.7 Å². The Morgan fingerprint density at radius 3 is 2.88 bits per heavy atom. The predicted molar refractivity (Wildman–Crippen MR) is 94.7 cm³/mol. The molecule has 1 N–H and O–H groups in total. The molecule has 0 amide bonds. The number of aromatic amines is 1. The van der Waals surface area contributed by atoms with Gasteiger partial charge in [0, 0.05) is 33.7 Å². The summed E-state index contributed by atoms with van der Waals surface area (Å²) in [6, 6.07) is 8.01. The Labute approximate surface area is 145 Å². The lowest BCUT2D eigenvalue weighted by atomic mass is 10.2. The quantitative estimate of drug-likeness (QED) is 0.776. The van der Waals surface area contributed by atoms with Crippen molar-refractivity contribution < 1.29 is 4.74 Å². The maximum atomic E-state index is 12.0. The van der Waals surface area contributed by atoms with Gasteiger partial charge in [-0.2, -0.15) is 5.10 Å². The van der Waals surface area contributed by atoms with Gasteiger partial charge in [-0.25, -0.2) is 14.9 Å². The van der Waals surface area contributed by atoms with E-state index >= 15 is 0 Å². The number of nitrogens with one attached hydrogen (secondary N) is 1. The van der Waals surface area contributed by atoms with E-state index in [4.69, 9.17) is 9.72 Å². The lowest BCUT2D eigenvalue weighted by Gasteiger charge is -2.24. The van der Waals surface area contributed by atoms with Crippen LogP contribution in [0.2, 0.25) is 0 Å². The van der Waals surface area contributed by atoms with Crippen LogP contribution in [0.5, 0.6) is 0 Å². The molecule has 3 aromatic rings. The van der Waals surface area contributed by atoms with Gasteiger partial charge in [0.1, 0.15) is 0 Å². The number of aromatic nitrogens is 5. The standard InChI is InChI=1S/C17H22N6O2/c1-4-22-15(19-20-17(22)24)14-9-11(25-3)10-23(14)16-18-12-7-5-6-8-13(12)21(16)2/h5-8,11,14H,4,9-10H2,1-3H3,(H,20,24)/t11-,14-/m0/s1. The molecule has 1 aliphatic heterocycles. The molecular formula is C17H22N6O2. The summed E-state index contributed by atoms with van der Waals surface area (Å²) in [5.74, 6) is 1.60. The van der Waals surface area contributed by atoms with Crippen LogP contribution >= 0.6 is 0 Å². The average Bonchev–Trinajstić information content (AvgIpc) is 3.30. The van der Waals surface area contributed by atoms with Crippen molar-refractivity contribution >= 4 is 17.0 Å². The van der Waals surface area contributed by atoms with E-state index < -0.39 is 0 Å². The highest BCUT2D eigenvalue weighted by molar-refractivity contribution is 5.78. The molecule has 2 aromatic heterocycles. The summed E-state index contributed by atoms with van der Waals surface area (Å²) in [6.45, 7) is 3.24. The van der Waals surface area contributed by atoms with E-state index in [-0.39, 0.29) is 17.8 Å². The van der Waals surface area contributed by atoms with Gasteiger partial charge in [-0.1, -0.05) is 12.1 Å². The fourth-order valence-electron chi connectivity index (χ4n) is 3.71. The summed E-state index contributed by atoms with van der Waals surface area (Å²) in [5.41, 5.74) is 1.85. The van der Waals surface area contributed by atoms with Gasteiger partial charge in [-0.05, 0) is 19.1 Å². The number of anilines is 1. The smallest absolute Gasteiger partial charge is 0.343 e. The van der Waals surface area contributed by atoms with Crippen LogP contribution < -0.4 is 10.6 Å². The largest absolute Gasteiger partial charge is 0.380 e. The molecule has 2 atom stereocenters. The minimum absolute atomic E-state index is 0.0561. The minimum atomic E-state index is -0.177. The third-order valence-corrected chi connectivity index (χ3v) is 5.02. The average molecular weight is 342 g/mol. The van der Waals surface area contributed by atoms with Crippen LogP contribution in [0.3, 0.4) is 0 Å². The van der Waals surface area contributed by atoms with Crippen molar-refractivity contribution in [2.24, 2.45) is 7.05 Å². The highest BCUT2D eigenvalue weighted by Gasteiger charge is 2.38. The van der Waals surface area contributed by atoms with Crippen LogP contribution in [-0.2, 0) is 18.3 Å². The number of rotatable bonds is 4. The number of nitrogens with zero attached hydrogens (tertiary/aromatic N) is 5. The highest BCUT2D eigenvalue weighted by Crippen LogP contribution is 2.36. The zero-order valence-electron chi connectivity index (χ0n) is 14.6. The molecule has 0 unspecified atom stereocenters. The Bertz CT molecular complexity index is 956. The summed E-state index contributed by atoms with van der Waals surface area (Å²) in [5, 5.41) is 6.86. The number of para-hydroxylation sites is 2. The van der Waals surface area contributed by atoms with Crippen molar-refractivity contribution in [2.75, 3.05) is 18.6 Å². The van der Waals surface area contributed by atoms with E-state index in [2.05, 4.69) is 25.7 Å². The van der Waals surface area contributed by atoms with Gasteiger partial charge in [0.25, 0.3) is 0 Å². The second-order valence-electron chi connectivity index (χ2n) is 6.35. The fraction of sp³-hybridized carbons (Fsp3) is 0.471. The number of methoxy groups -OCH3 is 1. The van der Waals surface area contributed by atoms with E-state index in [1.165, 1.54) is 0 Å². The first-order chi connectivity index (χ1) is 12.1. The molecule has 0 aliphatic carbocycles. The van der Waals surface area contributed by atoms with Crippen molar-refractivity contribution in [3.63, 3.8) is 0 Å². The monoisotopic (exact) mass is 342 g/mol. The van der Waals surface area contributed by atoms with Crippen LogP contribution in [-0.4, -0.2) is 44.1 Å². The molecule has 1 aromatic carbocycles. The SMILES string of the molecule is CCn1c([C@@H]2C[C@H](OC)CN2c2nc3ccccc3n2C)n[nH]c1=O. The number of benzene rings is 1. The molecule has 1 saturated heterocycles. The number of ether oxygens (including phenoxy) is 1. The zero-order valence-corrected chi connectivity index (χ0v) is 14.6. The molecule has 4 rings (SSSR count). The van der Waals surface area contributed by atoms with Gasteiger partial charge in [-0.15, -0.1) is 0 Å². The molecule has 1 fully saturated rings. The van der Waals surface area contributed by atoms with Crippen LogP contribution in [0.25, 0.3) is 11.0 Å². The normalized spacial score (nSPS) is 20.7. The van der Waals surface area contributed by atoms with Gasteiger partial charge < -0.3 is 14.2 Å². The van der Waals surface area contributed by atoms with Crippen LogP contribution in [0.15, 0.2) is 29.1 Å². The van der Waals surface area contributed by atoms with Gasteiger partial charge in [0.05, 0.1) is 23.2 Å². The van der Waals surface area contributed by atoms with Gasteiger partial charge in [0.15, 0.2) is 5.82 Å². The number of aryl methyl sites for hydroxylation is 1. The molecule has 25 heavy (non-hydrogen) atoms. The highest BCUT2D eigenvalue weighted by atomic mass is 16.5. The third-order valence-electron chi connectivity index (χ3n) is 5.02. The van der Waals surface area contributed by atoms with Crippen LogP contribution in [0.4, 0.5) is 5.95 Å². The molecule has 8 heteroatoms. The van der Waals surface area contributed by atoms with Gasteiger partial charge in [-0.3, -0.25) is 4.57 Å². The Balaban J connectivity index is 1.82. The Morgan fingerprint density at radius 1 is 1.36 bits per heavy atom. The van der Waals surface area contributed by atoms with Crippen molar-refractivity contribution in [1.29, 1.82) is 0 Å². The first-order valence-corrected chi connectivity index (χ1v) is 8.50. The molecule has 132 valence electrons. The number of H-pyrrole nitrogens is 1. The zero-order chi connectivity index (χ0) is 17.6. The molecule has 0 radical (unpaired) electrons. The predicted octanol–water partition coefficient (Wildman–Crippen LogP) is 1.44. The second kappa shape index (κ2) is 6.03. The molecule has 0 spiro atoms. The molecule has 3 heterocycles. The topological polar surface area (TPSA) is 81.0 Å². The first-order valence-electron chi connectivity index (χ1n) is 8.50. The van der Waals surface area contributed by atoms with Gasteiger partial charge >= 0.3 is 5.69 Å². The Kier molecular flexibility index (Phi) is 3.84. The fourth-order valence-corrected chi connectivity index (χ4v) is 3.71. The minimum Gasteiger partial charge on any atom is -0.380 e. The molecule has 1 aliphatic rings. The number of imidazole rings is 1. The molecule has 0 saturated carbocycles. The lowest BCUT2D eigenvalue weighted by molar-refractivity contribution is 0.118. The summed E-state index contributed by atoms with van der Waals surface area (Å²) in [6.07, 6.45) is 0.839. The van der Waals surface area contributed by atoms with E-state index in [0.717, 1.165) is 29.2 Å². The molecular weight excluding hydrogens is 320 g/mol. The van der Waals surface area contributed by atoms with Crippen LogP contribution in [0, 0.1) is 0 Å². The summed E-state index contributed by atoms with van der Waals surface area (Å²) >= 11 is 0. The number of hydrogen-bond donors (Lipinski definition) is 1. The third kappa shape index (κ3) is 2.44. The van der Waals surface area contributed by atoms with Crippen molar-refractivity contribution in [3.8, 4) is 0 Å². The maximum absolute atomic E-state index is 12.0. The van der Waals surface area contributed by atoms with Crippen LogP contribution in [0.1, 0.15) is 25.2 Å². The van der Waals surface area contributed by atoms with E-state index in [1.807, 2.05) is 32.2 Å². The van der Waals surface area contributed by atoms with Crippen molar-refractivity contribution in [2.45, 2.75) is 32.0 Å².